The van der Waals surface area contributed by atoms with Crippen molar-refractivity contribution in [2.24, 2.45) is 0 Å². The SMILES string of the molecule is COC(=O)c1ccnc(Nc2cc(F)cc(F)c2F)c1. The summed E-state index contributed by atoms with van der Waals surface area (Å²) in [6.07, 6.45) is 1.28. The van der Waals surface area contributed by atoms with E-state index in [0.29, 0.717) is 6.07 Å². The summed E-state index contributed by atoms with van der Waals surface area (Å²) in [5.41, 5.74) is -0.251. The molecule has 1 heterocycles. The first-order chi connectivity index (χ1) is 9.51. The lowest BCUT2D eigenvalue weighted by atomic mass is 10.2. The van der Waals surface area contributed by atoms with Gasteiger partial charge in [0.05, 0.1) is 18.4 Å². The molecule has 0 aliphatic carbocycles. The molecule has 1 aromatic heterocycles. The molecule has 0 aliphatic rings. The maximum atomic E-state index is 13.5. The summed E-state index contributed by atoms with van der Waals surface area (Å²) in [4.78, 5) is 15.1. The average molecular weight is 282 g/mol. The van der Waals surface area contributed by atoms with Gasteiger partial charge in [-0.1, -0.05) is 0 Å². The van der Waals surface area contributed by atoms with Gasteiger partial charge in [-0.15, -0.1) is 0 Å². The fourth-order valence-corrected chi connectivity index (χ4v) is 1.53. The molecule has 0 unspecified atom stereocenters. The number of rotatable bonds is 3. The zero-order chi connectivity index (χ0) is 14.7. The average Bonchev–Trinajstić information content (AvgIpc) is 2.43. The molecule has 0 saturated heterocycles. The normalized spacial score (nSPS) is 10.2. The fourth-order valence-electron chi connectivity index (χ4n) is 1.53. The number of pyridine rings is 1. The highest BCUT2D eigenvalue weighted by atomic mass is 19.2. The van der Waals surface area contributed by atoms with Crippen molar-refractivity contribution in [1.29, 1.82) is 0 Å². The van der Waals surface area contributed by atoms with Gasteiger partial charge >= 0.3 is 5.97 Å². The molecule has 0 spiro atoms. The largest absolute Gasteiger partial charge is 0.465 e. The molecule has 2 aromatic rings. The van der Waals surface area contributed by atoms with Gasteiger partial charge in [-0.3, -0.25) is 0 Å². The van der Waals surface area contributed by atoms with Crippen LogP contribution in [0.2, 0.25) is 0 Å². The summed E-state index contributed by atoms with van der Waals surface area (Å²) in [7, 11) is 1.21. The van der Waals surface area contributed by atoms with Crippen LogP contribution in [0.4, 0.5) is 24.7 Å². The van der Waals surface area contributed by atoms with Crippen molar-refractivity contribution < 1.29 is 22.7 Å². The van der Waals surface area contributed by atoms with Crippen molar-refractivity contribution in [3.8, 4) is 0 Å². The van der Waals surface area contributed by atoms with Crippen molar-refractivity contribution in [3.63, 3.8) is 0 Å². The lowest BCUT2D eigenvalue weighted by Crippen LogP contribution is -2.04. The molecule has 104 valence electrons. The van der Waals surface area contributed by atoms with E-state index >= 15 is 0 Å². The van der Waals surface area contributed by atoms with Gasteiger partial charge in [-0.2, -0.15) is 0 Å². The molecule has 0 aliphatic heterocycles. The summed E-state index contributed by atoms with van der Waals surface area (Å²) >= 11 is 0. The quantitative estimate of drug-likeness (QED) is 0.694. The Kier molecular flexibility index (Phi) is 3.88. The summed E-state index contributed by atoms with van der Waals surface area (Å²) in [5, 5.41) is 2.40. The third-order valence-corrected chi connectivity index (χ3v) is 2.44. The number of hydrogen-bond acceptors (Lipinski definition) is 4. The van der Waals surface area contributed by atoms with Crippen LogP contribution in [-0.4, -0.2) is 18.1 Å². The van der Waals surface area contributed by atoms with Crippen LogP contribution in [0.3, 0.4) is 0 Å². The molecule has 7 heteroatoms. The van der Waals surface area contributed by atoms with Gasteiger partial charge in [-0.05, 0) is 12.1 Å². The van der Waals surface area contributed by atoms with Crippen LogP contribution in [0.1, 0.15) is 10.4 Å². The van der Waals surface area contributed by atoms with E-state index in [0.717, 1.165) is 6.07 Å². The predicted molar refractivity (Wildman–Crippen MR) is 65.2 cm³/mol. The molecule has 0 saturated carbocycles. The van der Waals surface area contributed by atoms with Crippen LogP contribution in [0.5, 0.6) is 0 Å². The maximum Gasteiger partial charge on any atom is 0.338 e. The summed E-state index contributed by atoms with van der Waals surface area (Å²) < 4.78 is 44.1. The Hall–Kier alpha value is -2.57. The van der Waals surface area contributed by atoms with Crippen molar-refractivity contribution in [2.45, 2.75) is 0 Å². The molecule has 20 heavy (non-hydrogen) atoms. The van der Waals surface area contributed by atoms with Gasteiger partial charge in [0.1, 0.15) is 11.6 Å². The Labute approximate surface area is 112 Å². The molecule has 0 radical (unpaired) electrons. The Morgan fingerprint density at radius 2 is 2.00 bits per heavy atom. The van der Waals surface area contributed by atoms with Crippen LogP contribution < -0.4 is 5.32 Å². The standard InChI is InChI=1S/C13H9F3N2O2/c1-20-13(19)7-2-3-17-11(4-7)18-10-6-8(14)5-9(15)12(10)16/h2-6H,1H3,(H,17,18). The van der Waals surface area contributed by atoms with Crippen LogP contribution >= 0.6 is 0 Å². The number of halogens is 3. The lowest BCUT2D eigenvalue weighted by Gasteiger charge is -2.08. The van der Waals surface area contributed by atoms with Gasteiger partial charge in [0, 0.05) is 18.3 Å². The van der Waals surface area contributed by atoms with Gasteiger partial charge in [-0.25, -0.2) is 22.9 Å². The topological polar surface area (TPSA) is 51.2 Å². The highest BCUT2D eigenvalue weighted by Gasteiger charge is 2.13. The van der Waals surface area contributed by atoms with Crippen molar-refractivity contribution >= 4 is 17.5 Å². The summed E-state index contributed by atoms with van der Waals surface area (Å²) in [5.74, 6) is -4.05. The second-order valence-corrected chi connectivity index (χ2v) is 3.80. The second-order valence-electron chi connectivity index (χ2n) is 3.80. The highest BCUT2D eigenvalue weighted by Crippen LogP contribution is 2.22. The van der Waals surface area contributed by atoms with Gasteiger partial charge in [0.25, 0.3) is 0 Å². The molecule has 0 fully saturated rings. The van der Waals surface area contributed by atoms with E-state index in [9.17, 15) is 18.0 Å². The molecule has 0 bridgehead atoms. The van der Waals surface area contributed by atoms with Gasteiger partial charge in [0.2, 0.25) is 0 Å². The van der Waals surface area contributed by atoms with Crippen molar-refractivity contribution in [1.82, 2.24) is 4.98 Å². The molecule has 4 nitrogen and oxygen atoms in total. The van der Waals surface area contributed by atoms with E-state index in [4.69, 9.17) is 0 Å². The Morgan fingerprint density at radius 3 is 2.70 bits per heavy atom. The number of carbonyl (C=O) groups is 1. The lowest BCUT2D eigenvalue weighted by molar-refractivity contribution is 0.0600. The zero-order valence-corrected chi connectivity index (χ0v) is 10.3. The molecule has 0 atom stereocenters. The number of anilines is 2. The fraction of sp³-hybridized carbons (Fsp3) is 0.0769. The Bertz CT molecular complexity index is 662. The summed E-state index contributed by atoms with van der Waals surface area (Å²) in [6.45, 7) is 0. The monoisotopic (exact) mass is 282 g/mol. The minimum Gasteiger partial charge on any atom is -0.465 e. The number of benzene rings is 1. The molecule has 0 amide bonds. The van der Waals surface area contributed by atoms with E-state index in [1.165, 1.54) is 25.4 Å². The minimum atomic E-state index is -1.32. The highest BCUT2D eigenvalue weighted by molar-refractivity contribution is 5.90. The zero-order valence-electron chi connectivity index (χ0n) is 10.3. The first kappa shape index (κ1) is 13.9. The number of ether oxygens (including phenoxy) is 1. The minimum absolute atomic E-state index is 0.0526. The molecule has 1 aromatic carbocycles. The smallest absolute Gasteiger partial charge is 0.338 e. The van der Waals surface area contributed by atoms with E-state index in [1.54, 1.807) is 0 Å². The Morgan fingerprint density at radius 1 is 1.25 bits per heavy atom. The number of nitrogens with zero attached hydrogens (tertiary/aromatic N) is 1. The van der Waals surface area contributed by atoms with E-state index < -0.39 is 29.1 Å². The molecule has 1 N–H and O–H groups in total. The van der Waals surface area contributed by atoms with E-state index in [-0.39, 0.29) is 11.4 Å². The first-order valence-electron chi connectivity index (χ1n) is 5.47. The predicted octanol–water partition coefficient (Wildman–Crippen LogP) is 3.03. The Balaban J connectivity index is 2.33. The number of hydrogen-bond donors (Lipinski definition) is 1. The number of esters is 1. The van der Waals surface area contributed by atoms with Crippen molar-refractivity contribution in [2.75, 3.05) is 12.4 Å². The van der Waals surface area contributed by atoms with Crippen LogP contribution in [-0.2, 0) is 4.74 Å². The second kappa shape index (κ2) is 5.60. The maximum absolute atomic E-state index is 13.5. The van der Waals surface area contributed by atoms with E-state index in [2.05, 4.69) is 15.0 Å². The van der Waals surface area contributed by atoms with Crippen molar-refractivity contribution in [3.05, 3.63) is 53.5 Å². The summed E-state index contributed by atoms with van der Waals surface area (Å²) in [6, 6.07) is 3.87. The molecular formula is C13H9F3N2O2. The van der Waals surface area contributed by atoms with Gasteiger partial charge < -0.3 is 10.1 Å². The van der Waals surface area contributed by atoms with E-state index in [1.807, 2.05) is 0 Å². The van der Waals surface area contributed by atoms with Crippen LogP contribution in [0, 0.1) is 17.5 Å². The number of aromatic nitrogens is 1. The first-order valence-corrected chi connectivity index (χ1v) is 5.47. The van der Waals surface area contributed by atoms with Crippen LogP contribution in [0.15, 0.2) is 30.5 Å². The third kappa shape index (κ3) is 2.87. The van der Waals surface area contributed by atoms with Gasteiger partial charge in [0.15, 0.2) is 11.6 Å². The third-order valence-electron chi connectivity index (χ3n) is 2.44. The van der Waals surface area contributed by atoms with Crippen LogP contribution in [0.25, 0.3) is 0 Å². The number of methoxy groups -OCH3 is 1. The number of carbonyl (C=O) groups excluding carboxylic acids is 1. The number of nitrogens with one attached hydrogen (secondary N) is 1. The molecular weight excluding hydrogens is 273 g/mol. The molecule has 2 rings (SSSR count).